The number of hydrogen-bond donors (Lipinski definition) is 0. The van der Waals surface area contributed by atoms with Crippen molar-refractivity contribution in [3.63, 3.8) is 0 Å². The van der Waals surface area contributed by atoms with Gasteiger partial charge in [-0.3, -0.25) is 4.79 Å². The average Bonchev–Trinajstić information content (AvgIpc) is 2.97. The molecule has 0 spiro atoms. The van der Waals surface area contributed by atoms with E-state index in [1.807, 2.05) is 23.1 Å². The van der Waals surface area contributed by atoms with Crippen molar-refractivity contribution in [3.8, 4) is 0 Å². The fourth-order valence-electron chi connectivity index (χ4n) is 4.00. The molecule has 2 aromatic carbocycles. The molecule has 1 amide bonds. The van der Waals surface area contributed by atoms with Crippen molar-refractivity contribution in [2.24, 2.45) is 0 Å². The summed E-state index contributed by atoms with van der Waals surface area (Å²) in [5.74, 6) is 0.222. The van der Waals surface area contributed by atoms with Crippen molar-refractivity contribution in [3.05, 3.63) is 59.1 Å². The fraction of sp³-hybridized carbons (Fsp3) is 0.381. The smallest absolute Gasteiger partial charge is 0.242 e. The van der Waals surface area contributed by atoms with E-state index >= 15 is 0 Å². The second-order valence-electron chi connectivity index (χ2n) is 7.16. The predicted octanol–water partition coefficient (Wildman–Crippen LogP) is 3.44. The lowest BCUT2D eigenvalue weighted by Gasteiger charge is -2.37. The zero-order valence-corrected chi connectivity index (χ0v) is 15.8. The van der Waals surface area contributed by atoms with E-state index in [2.05, 4.69) is 47.1 Å². The quantitative estimate of drug-likeness (QED) is 0.829. The van der Waals surface area contributed by atoms with Gasteiger partial charge in [0.1, 0.15) is 0 Å². The van der Waals surface area contributed by atoms with E-state index in [4.69, 9.17) is 11.6 Å². The second-order valence-corrected chi connectivity index (χ2v) is 7.59. The van der Waals surface area contributed by atoms with Crippen molar-refractivity contribution in [1.82, 2.24) is 4.90 Å². The van der Waals surface area contributed by atoms with Crippen LogP contribution in [0, 0.1) is 0 Å². The summed E-state index contributed by atoms with van der Waals surface area (Å²) < 4.78 is 0. The lowest BCUT2D eigenvalue weighted by atomic mass is 10.1. The Bertz CT molecular complexity index is 801. The molecule has 5 heteroatoms. The number of hydrogen-bond acceptors (Lipinski definition) is 3. The molecule has 26 heavy (non-hydrogen) atoms. The molecule has 0 radical (unpaired) electrons. The van der Waals surface area contributed by atoms with Gasteiger partial charge < -0.3 is 14.7 Å². The molecule has 1 fully saturated rings. The van der Waals surface area contributed by atoms with Crippen LogP contribution in [0.1, 0.15) is 12.5 Å². The van der Waals surface area contributed by atoms with E-state index in [-0.39, 0.29) is 5.91 Å². The highest BCUT2D eigenvalue weighted by Gasteiger charge is 2.29. The molecule has 136 valence electrons. The molecule has 0 N–H and O–H groups in total. The normalized spacial score (nSPS) is 19.6. The van der Waals surface area contributed by atoms with Gasteiger partial charge in [-0.1, -0.05) is 35.9 Å². The van der Waals surface area contributed by atoms with Crippen LogP contribution in [0.25, 0.3) is 0 Å². The molecule has 2 heterocycles. The molecule has 0 aliphatic carbocycles. The highest BCUT2D eigenvalue weighted by molar-refractivity contribution is 6.30. The highest BCUT2D eigenvalue weighted by atomic mass is 35.5. The number of fused-ring (bicyclic) bond motifs is 1. The number of rotatable bonds is 3. The zero-order chi connectivity index (χ0) is 18.1. The Morgan fingerprint density at radius 2 is 1.85 bits per heavy atom. The SMILES string of the molecule is C[C@H]1Cc2ccccc2N1CC(=O)N1CCN(c2cccc(Cl)c2)CC1. The first-order valence-electron chi connectivity index (χ1n) is 9.24. The lowest BCUT2D eigenvalue weighted by molar-refractivity contribution is -0.130. The Labute approximate surface area is 160 Å². The maximum absolute atomic E-state index is 12.9. The van der Waals surface area contributed by atoms with Crippen molar-refractivity contribution in [2.45, 2.75) is 19.4 Å². The van der Waals surface area contributed by atoms with Crippen molar-refractivity contribution >= 4 is 28.9 Å². The zero-order valence-electron chi connectivity index (χ0n) is 15.1. The number of nitrogens with zero attached hydrogens (tertiary/aromatic N) is 3. The lowest BCUT2D eigenvalue weighted by Crippen LogP contribution is -2.51. The Morgan fingerprint density at radius 3 is 2.62 bits per heavy atom. The van der Waals surface area contributed by atoms with Crippen LogP contribution >= 0.6 is 11.6 Å². The van der Waals surface area contributed by atoms with Crippen molar-refractivity contribution < 1.29 is 4.79 Å². The van der Waals surface area contributed by atoms with Gasteiger partial charge in [-0.25, -0.2) is 0 Å². The van der Waals surface area contributed by atoms with E-state index in [0.717, 1.165) is 43.3 Å². The summed E-state index contributed by atoms with van der Waals surface area (Å²) >= 11 is 6.10. The van der Waals surface area contributed by atoms with Gasteiger partial charge in [0.2, 0.25) is 5.91 Å². The van der Waals surface area contributed by atoms with Crippen LogP contribution in [0.4, 0.5) is 11.4 Å². The minimum Gasteiger partial charge on any atom is -0.368 e. The molecule has 2 aliphatic rings. The molecule has 4 rings (SSSR count). The third-order valence-corrected chi connectivity index (χ3v) is 5.69. The van der Waals surface area contributed by atoms with E-state index in [1.54, 1.807) is 0 Å². The minimum atomic E-state index is 0.222. The Morgan fingerprint density at radius 1 is 1.08 bits per heavy atom. The summed E-state index contributed by atoms with van der Waals surface area (Å²) in [5.41, 5.74) is 3.69. The molecule has 0 unspecified atom stereocenters. The molecular weight excluding hydrogens is 346 g/mol. The number of para-hydroxylation sites is 1. The fourth-order valence-corrected chi connectivity index (χ4v) is 4.19. The molecule has 2 aliphatic heterocycles. The van der Waals surface area contributed by atoms with Crippen molar-refractivity contribution in [1.29, 1.82) is 0 Å². The van der Waals surface area contributed by atoms with Crippen LogP contribution in [0.5, 0.6) is 0 Å². The number of piperazine rings is 1. The third-order valence-electron chi connectivity index (χ3n) is 5.46. The first-order valence-corrected chi connectivity index (χ1v) is 9.62. The summed E-state index contributed by atoms with van der Waals surface area (Å²) in [7, 11) is 0. The first-order chi connectivity index (χ1) is 12.6. The highest BCUT2D eigenvalue weighted by Crippen LogP contribution is 2.31. The average molecular weight is 370 g/mol. The Balaban J connectivity index is 1.37. The summed E-state index contributed by atoms with van der Waals surface area (Å²) in [6, 6.07) is 16.7. The third kappa shape index (κ3) is 3.38. The van der Waals surface area contributed by atoms with Crippen LogP contribution in [-0.2, 0) is 11.2 Å². The topological polar surface area (TPSA) is 26.8 Å². The van der Waals surface area contributed by atoms with Gasteiger partial charge in [-0.2, -0.15) is 0 Å². The molecule has 0 saturated carbocycles. The van der Waals surface area contributed by atoms with E-state index < -0.39 is 0 Å². The van der Waals surface area contributed by atoms with Gasteiger partial charge in [0, 0.05) is 48.6 Å². The Kier molecular flexibility index (Phi) is 4.77. The molecule has 0 bridgehead atoms. The van der Waals surface area contributed by atoms with Gasteiger partial charge in [0.25, 0.3) is 0 Å². The first kappa shape index (κ1) is 17.2. The number of carbonyl (C=O) groups excluding carboxylic acids is 1. The maximum atomic E-state index is 12.9. The van der Waals surface area contributed by atoms with E-state index in [0.29, 0.717) is 12.6 Å². The number of benzene rings is 2. The van der Waals surface area contributed by atoms with Gasteiger partial charge >= 0.3 is 0 Å². The largest absolute Gasteiger partial charge is 0.368 e. The summed E-state index contributed by atoms with van der Waals surface area (Å²) in [6.07, 6.45) is 1.02. The van der Waals surface area contributed by atoms with Crippen molar-refractivity contribution in [2.75, 3.05) is 42.5 Å². The van der Waals surface area contributed by atoms with Gasteiger partial charge in [0.15, 0.2) is 0 Å². The van der Waals surface area contributed by atoms with Gasteiger partial charge in [-0.05, 0) is 43.2 Å². The molecule has 0 aromatic heterocycles. The molecule has 2 aromatic rings. The van der Waals surface area contributed by atoms with Crippen LogP contribution in [0.15, 0.2) is 48.5 Å². The van der Waals surface area contributed by atoms with Crippen LogP contribution in [-0.4, -0.2) is 49.6 Å². The minimum absolute atomic E-state index is 0.222. The van der Waals surface area contributed by atoms with Crippen LogP contribution in [0.2, 0.25) is 5.02 Å². The van der Waals surface area contributed by atoms with Crippen LogP contribution in [0.3, 0.4) is 0 Å². The summed E-state index contributed by atoms with van der Waals surface area (Å²) in [4.78, 5) is 19.4. The number of anilines is 2. The number of halogens is 1. The number of amides is 1. The Hall–Kier alpha value is -2.20. The molecule has 1 atom stereocenters. The second kappa shape index (κ2) is 7.20. The predicted molar refractivity (Wildman–Crippen MR) is 107 cm³/mol. The molecule has 1 saturated heterocycles. The summed E-state index contributed by atoms with van der Waals surface area (Å²) in [6.45, 7) is 5.88. The maximum Gasteiger partial charge on any atom is 0.242 e. The molecule has 4 nitrogen and oxygen atoms in total. The van der Waals surface area contributed by atoms with Gasteiger partial charge in [-0.15, -0.1) is 0 Å². The van der Waals surface area contributed by atoms with Crippen LogP contribution < -0.4 is 9.80 Å². The monoisotopic (exact) mass is 369 g/mol. The summed E-state index contributed by atoms with van der Waals surface area (Å²) in [5, 5.41) is 0.752. The number of carbonyl (C=O) groups is 1. The van der Waals surface area contributed by atoms with E-state index in [1.165, 1.54) is 11.3 Å². The molecular formula is C21H24ClN3O. The standard InChI is InChI=1S/C21H24ClN3O/c1-16-13-17-5-2-3-8-20(17)25(16)15-21(26)24-11-9-23(10-12-24)19-7-4-6-18(22)14-19/h2-8,14,16H,9-13,15H2,1H3/t16-/m0/s1. The van der Waals surface area contributed by atoms with E-state index in [9.17, 15) is 4.79 Å². The van der Waals surface area contributed by atoms with Gasteiger partial charge in [0.05, 0.1) is 6.54 Å².